The highest BCUT2D eigenvalue weighted by molar-refractivity contribution is 6.30. The van der Waals surface area contributed by atoms with Gasteiger partial charge in [0, 0.05) is 16.3 Å². The van der Waals surface area contributed by atoms with E-state index in [1.807, 2.05) is 26.0 Å². The minimum absolute atomic E-state index is 0.0458. The number of amides is 2. The largest absolute Gasteiger partial charge is 0.329 e. The first kappa shape index (κ1) is 17.0. The van der Waals surface area contributed by atoms with Crippen molar-refractivity contribution in [3.05, 3.63) is 64.7 Å². The van der Waals surface area contributed by atoms with E-state index in [2.05, 4.69) is 10.6 Å². The second kappa shape index (κ2) is 6.84. The van der Waals surface area contributed by atoms with Gasteiger partial charge in [-0.1, -0.05) is 35.9 Å². The summed E-state index contributed by atoms with van der Waals surface area (Å²) in [5.41, 5.74) is 1.50. The molecular weight excluding hydrogens is 312 g/mol. The van der Waals surface area contributed by atoms with E-state index in [1.54, 1.807) is 36.4 Å². The van der Waals surface area contributed by atoms with Crippen LogP contribution in [0.5, 0.6) is 0 Å². The number of ketones is 1. The van der Waals surface area contributed by atoms with Gasteiger partial charge in [-0.05, 0) is 50.6 Å². The van der Waals surface area contributed by atoms with E-state index >= 15 is 0 Å². The maximum Gasteiger partial charge on any atom is 0.319 e. The van der Waals surface area contributed by atoms with Gasteiger partial charge in [-0.25, -0.2) is 4.79 Å². The highest BCUT2D eigenvalue weighted by atomic mass is 35.5. The van der Waals surface area contributed by atoms with Crippen molar-refractivity contribution in [3.8, 4) is 0 Å². The molecule has 23 heavy (non-hydrogen) atoms. The van der Waals surface area contributed by atoms with Crippen molar-refractivity contribution in [2.24, 2.45) is 0 Å². The number of nitrogens with one attached hydrogen (secondary N) is 2. The van der Waals surface area contributed by atoms with E-state index in [0.29, 0.717) is 16.3 Å². The quantitative estimate of drug-likeness (QED) is 0.805. The summed E-state index contributed by atoms with van der Waals surface area (Å²) in [4.78, 5) is 23.6. The summed E-state index contributed by atoms with van der Waals surface area (Å²) in [6, 6.07) is 13.8. The second-order valence-corrected chi connectivity index (χ2v) is 6.28. The molecule has 0 heterocycles. The van der Waals surface area contributed by atoms with Crippen LogP contribution in [-0.4, -0.2) is 11.8 Å². The molecule has 0 saturated heterocycles. The van der Waals surface area contributed by atoms with Gasteiger partial charge in [0.2, 0.25) is 0 Å². The van der Waals surface area contributed by atoms with Gasteiger partial charge in [0.1, 0.15) is 0 Å². The molecule has 5 heteroatoms. The van der Waals surface area contributed by atoms with Crippen molar-refractivity contribution in [1.82, 2.24) is 5.32 Å². The summed E-state index contributed by atoms with van der Waals surface area (Å²) < 4.78 is 0. The molecule has 2 rings (SSSR count). The van der Waals surface area contributed by atoms with E-state index < -0.39 is 5.54 Å². The number of urea groups is 1. The van der Waals surface area contributed by atoms with Crippen LogP contribution in [0.2, 0.25) is 5.02 Å². The maximum atomic E-state index is 12.2. The molecule has 2 N–H and O–H groups in total. The van der Waals surface area contributed by atoms with Crippen LogP contribution in [0.25, 0.3) is 0 Å². The summed E-state index contributed by atoms with van der Waals surface area (Å²) in [7, 11) is 0. The molecule has 0 atom stereocenters. The summed E-state index contributed by atoms with van der Waals surface area (Å²) in [5.74, 6) is -0.0458. The number of halogens is 1. The monoisotopic (exact) mass is 330 g/mol. The lowest BCUT2D eigenvalue weighted by Gasteiger charge is -2.27. The van der Waals surface area contributed by atoms with Gasteiger partial charge in [0.15, 0.2) is 5.78 Å². The standard InChI is InChI=1S/C18H19ClN2O2/c1-12(22)13-5-4-6-16(11-13)20-17(23)21-18(2,3)14-7-9-15(19)10-8-14/h4-11H,1-3H3,(H2,20,21,23). The number of hydrogen-bond donors (Lipinski definition) is 2. The predicted octanol–water partition coefficient (Wildman–Crippen LogP) is 4.60. The fourth-order valence-corrected chi connectivity index (χ4v) is 2.33. The van der Waals surface area contributed by atoms with Gasteiger partial charge >= 0.3 is 6.03 Å². The van der Waals surface area contributed by atoms with E-state index in [-0.39, 0.29) is 11.8 Å². The van der Waals surface area contributed by atoms with Crippen molar-refractivity contribution in [2.75, 3.05) is 5.32 Å². The fraction of sp³-hybridized carbons (Fsp3) is 0.222. The number of rotatable bonds is 4. The summed E-state index contributed by atoms with van der Waals surface area (Å²) in [6.07, 6.45) is 0. The predicted molar refractivity (Wildman–Crippen MR) is 93.1 cm³/mol. The molecule has 2 aromatic rings. The zero-order chi connectivity index (χ0) is 17.0. The third-order valence-corrected chi connectivity index (χ3v) is 3.77. The topological polar surface area (TPSA) is 58.2 Å². The number of carbonyl (C=O) groups excluding carboxylic acids is 2. The van der Waals surface area contributed by atoms with Crippen LogP contribution in [0.1, 0.15) is 36.7 Å². The van der Waals surface area contributed by atoms with E-state index in [4.69, 9.17) is 11.6 Å². The Kier molecular flexibility index (Phi) is 5.06. The first-order chi connectivity index (χ1) is 10.8. The van der Waals surface area contributed by atoms with Crippen LogP contribution in [-0.2, 0) is 5.54 Å². The van der Waals surface area contributed by atoms with Crippen LogP contribution in [0.15, 0.2) is 48.5 Å². The SMILES string of the molecule is CC(=O)c1cccc(NC(=O)NC(C)(C)c2ccc(Cl)cc2)c1. The molecule has 0 saturated carbocycles. The van der Waals surface area contributed by atoms with Gasteiger partial charge in [-0.3, -0.25) is 4.79 Å². The molecule has 0 radical (unpaired) electrons. The Labute approximate surface area is 140 Å². The van der Waals surface area contributed by atoms with Gasteiger partial charge in [0.05, 0.1) is 5.54 Å². The fourth-order valence-electron chi connectivity index (χ4n) is 2.20. The highest BCUT2D eigenvalue weighted by Crippen LogP contribution is 2.22. The molecule has 0 aliphatic rings. The number of Topliss-reactive ketones (excluding diaryl/α,β-unsaturated/α-hetero) is 1. The summed E-state index contributed by atoms with van der Waals surface area (Å²) >= 11 is 5.89. The van der Waals surface area contributed by atoms with Gasteiger partial charge in [0.25, 0.3) is 0 Å². The Bertz CT molecular complexity index is 724. The van der Waals surface area contributed by atoms with Crippen LogP contribution in [0.4, 0.5) is 10.5 Å². The minimum atomic E-state index is -0.563. The zero-order valence-electron chi connectivity index (χ0n) is 13.3. The van der Waals surface area contributed by atoms with Crippen molar-refractivity contribution < 1.29 is 9.59 Å². The lowest BCUT2D eigenvalue weighted by molar-refractivity contribution is 0.101. The lowest BCUT2D eigenvalue weighted by atomic mass is 9.94. The summed E-state index contributed by atoms with van der Waals surface area (Å²) in [5, 5.41) is 6.31. The first-order valence-corrected chi connectivity index (χ1v) is 7.62. The van der Waals surface area contributed by atoms with Crippen molar-refractivity contribution in [3.63, 3.8) is 0 Å². The molecule has 4 nitrogen and oxygen atoms in total. The smallest absolute Gasteiger partial charge is 0.319 e. The Morgan fingerprint density at radius 1 is 1.04 bits per heavy atom. The van der Waals surface area contributed by atoms with Crippen LogP contribution in [0.3, 0.4) is 0 Å². The summed E-state index contributed by atoms with van der Waals surface area (Å²) in [6.45, 7) is 5.30. The van der Waals surface area contributed by atoms with Crippen LogP contribution < -0.4 is 10.6 Å². The third-order valence-electron chi connectivity index (χ3n) is 3.52. The molecule has 0 aliphatic carbocycles. The van der Waals surface area contributed by atoms with Gasteiger partial charge < -0.3 is 10.6 Å². The Balaban J connectivity index is 2.08. The molecular formula is C18H19ClN2O2. The lowest BCUT2D eigenvalue weighted by Crippen LogP contribution is -2.43. The molecule has 0 aromatic heterocycles. The highest BCUT2D eigenvalue weighted by Gasteiger charge is 2.22. The number of benzene rings is 2. The molecule has 2 aromatic carbocycles. The molecule has 0 fully saturated rings. The Hall–Kier alpha value is -2.33. The van der Waals surface area contributed by atoms with E-state index in [0.717, 1.165) is 5.56 Å². The molecule has 0 spiro atoms. The number of hydrogen-bond acceptors (Lipinski definition) is 2. The first-order valence-electron chi connectivity index (χ1n) is 7.24. The normalized spacial score (nSPS) is 11.0. The van der Waals surface area contributed by atoms with E-state index in [9.17, 15) is 9.59 Å². The van der Waals surface area contributed by atoms with Crippen molar-refractivity contribution in [1.29, 1.82) is 0 Å². The number of anilines is 1. The Morgan fingerprint density at radius 2 is 1.70 bits per heavy atom. The number of carbonyl (C=O) groups is 2. The molecule has 0 unspecified atom stereocenters. The van der Waals surface area contributed by atoms with Crippen LogP contribution >= 0.6 is 11.6 Å². The third kappa shape index (κ3) is 4.57. The van der Waals surface area contributed by atoms with Gasteiger partial charge in [-0.2, -0.15) is 0 Å². The zero-order valence-corrected chi connectivity index (χ0v) is 14.1. The molecule has 120 valence electrons. The molecule has 2 amide bonds. The van der Waals surface area contributed by atoms with Crippen molar-refractivity contribution >= 4 is 29.1 Å². The minimum Gasteiger partial charge on any atom is -0.329 e. The average molecular weight is 331 g/mol. The Morgan fingerprint density at radius 3 is 2.30 bits per heavy atom. The van der Waals surface area contributed by atoms with Crippen LogP contribution in [0, 0.1) is 0 Å². The molecule has 0 aliphatic heterocycles. The van der Waals surface area contributed by atoms with Crippen molar-refractivity contribution in [2.45, 2.75) is 26.3 Å². The van der Waals surface area contributed by atoms with Gasteiger partial charge in [-0.15, -0.1) is 0 Å². The second-order valence-electron chi connectivity index (χ2n) is 5.85. The van der Waals surface area contributed by atoms with E-state index in [1.165, 1.54) is 6.92 Å². The maximum absolute atomic E-state index is 12.2. The average Bonchev–Trinajstić information content (AvgIpc) is 2.47. The molecule has 0 bridgehead atoms.